The summed E-state index contributed by atoms with van der Waals surface area (Å²) in [4.78, 5) is 12.9. The van der Waals surface area contributed by atoms with Gasteiger partial charge in [-0.3, -0.25) is 10.1 Å². The molecule has 7 nitrogen and oxygen atoms in total. The molecule has 0 unspecified atom stereocenters. The number of alkyl halides is 3. The highest BCUT2D eigenvalue weighted by Gasteiger charge is 2.59. The number of benzene rings is 3. The van der Waals surface area contributed by atoms with E-state index in [1.54, 1.807) is 24.3 Å². The third-order valence-electron chi connectivity index (χ3n) is 4.78. The fraction of sp³-hybridized carbons (Fsp3) is 0.136. The second-order valence-electron chi connectivity index (χ2n) is 7.20. The van der Waals surface area contributed by atoms with E-state index in [4.69, 9.17) is 55.9 Å². The molecule has 0 saturated heterocycles. The Balaban J connectivity index is 1.55. The molecule has 0 saturated carbocycles. The number of hydrogen-bond donors (Lipinski definition) is 2. The zero-order valence-corrected chi connectivity index (χ0v) is 20.9. The summed E-state index contributed by atoms with van der Waals surface area (Å²) in [7, 11) is -3.92. The smallest absolute Gasteiger partial charge is 0.388 e. The fourth-order valence-electron chi connectivity index (χ4n) is 3.10. The normalized spacial score (nSPS) is 17.4. The number of ether oxygens (including phenoxy) is 2. The van der Waals surface area contributed by atoms with E-state index in [9.17, 15) is 13.2 Å². The summed E-state index contributed by atoms with van der Waals surface area (Å²) in [5.41, 5.74) is 0.747. The average molecular weight is 562 g/mol. The lowest BCUT2D eigenvalue weighted by molar-refractivity contribution is -0.0953. The number of carbonyl (C=O) groups excluding carboxylic acids is 1. The molecule has 0 bridgehead atoms. The van der Waals surface area contributed by atoms with Gasteiger partial charge in [0.25, 0.3) is 9.70 Å². The van der Waals surface area contributed by atoms with Crippen molar-refractivity contribution in [3.05, 3.63) is 88.9 Å². The molecule has 3 aromatic rings. The van der Waals surface area contributed by atoms with Crippen LogP contribution < -0.4 is 19.5 Å². The second kappa shape index (κ2) is 9.45. The van der Waals surface area contributed by atoms with Gasteiger partial charge in [-0.05, 0) is 35.9 Å². The van der Waals surface area contributed by atoms with Crippen LogP contribution in [0.25, 0.3) is 0 Å². The molecule has 0 fully saturated rings. The van der Waals surface area contributed by atoms with Crippen molar-refractivity contribution in [1.29, 1.82) is 0 Å². The molecule has 3 aromatic carbocycles. The van der Waals surface area contributed by atoms with Gasteiger partial charge in [0.15, 0.2) is 11.5 Å². The molecule has 1 atom stereocenters. The van der Waals surface area contributed by atoms with Crippen LogP contribution >= 0.6 is 46.4 Å². The van der Waals surface area contributed by atoms with Gasteiger partial charge in [0.2, 0.25) is 10.0 Å². The van der Waals surface area contributed by atoms with Crippen molar-refractivity contribution in [3.8, 4) is 11.5 Å². The molecule has 2 N–H and O–H groups in total. The van der Waals surface area contributed by atoms with Gasteiger partial charge >= 0.3 is 5.91 Å². The second-order valence-corrected chi connectivity index (χ2v) is 11.7. The summed E-state index contributed by atoms with van der Waals surface area (Å²) in [5.74, 6) is -2.68. The van der Waals surface area contributed by atoms with Gasteiger partial charge in [-0.15, -0.1) is 0 Å². The van der Waals surface area contributed by atoms with Gasteiger partial charge in [0.1, 0.15) is 0 Å². The molecule has 1 aliphatic rings. The van der Waals surface area contributed by atoms with Crippen LogP contribution in [-0.4, -0.2) is 24.0 Å². The van der Waals surface area contributed by atoms with Crippen LogP contribution in [0.15, 0.2) is 77.7 Å². The zero-order valence-electron chi connectivity index (χ0n) is 17.1. The number of amides is 1. The first-order chi connectivity index (χ1) is 16.0. The SMILES string of the molecule is O=C(N[C@]1(C(Cl)(Cl)Cl)Oc2ccc(Cl)cc2O1)c1cccc(S(=O)(=O)NCc2ccccc2)c1. The maximum absolute atomic E-state index is 13.0. The summed E-state index contributed by atoms with van der Waals surface area (Å²) in [5, 5.41) is 2.76. The molecule has 178 valence electrons. The van der Waals surface area contributed by atoms with Crippen molar-refractivity contribution in [2.75, 3.05) is 0 Å². The lowest BCUT2D eigenvalue weighted by atomic mass is 10.2. The van der Waals surface area contributed by atoms with Crippen LogP contribution in [-0.2, 0) is 16.6 Å². The molecule has 1 amide bonds. The van der Waals surface area contributed by atoms with Crippen molar-refractivity contribution in [1.82, 2.24) is 10.0 Å². The van der Waals surface area contributed by atoms with E-state index >= 15 is 0 Å². The molecule has 0 aromatic heterocycles. The van der Waals surface area contributed by atoms with Crippen LogP contribution in [0.4, 0.5) is 0 Å². The minimum Gasteiger partial charge on any atom is -0.428 e. The standard InChI is InChI=1S/C22H16Cl4N2O5S/c23-16-9-10-18-19(12-16)33-22(32-18,21(24,25)26)28-20(29)15-7-4-8-17(11-15)34(30,31)27-13-14-5-2-1-3-6-14/h1-12,27H,13H2,(H,28,29)/t22-/m1/s1. The van der Waals surface area contributed by atoms with Gasteiger partial charge in [-0.2, -0.15) is 0 Å². The van der Waals surface area contributed by atoms with E-state index in [0.717, 1.165) is 5.56 Å². The third kappa shape index (κ3) is 5.22. The van der Waals surface area contributed by atoms with Crippen molar-refractivity contribution in [2.24, 2.45) is 0 Å². The van der Waals surface area contributed by atoms with E-state index in [1.807, 2.05) is 6.07 Å². The number of halogens is 4. The summed E-state index contributed by atoms with van der Waals surface area (Å²) >= 11 is 24.2. The molecule has 1 aliphatic heterocycles. The highest BCUT2D eigenvalue weighted by Crippen LogP contribution is 2.49. The number of sulfonamides is 1. The molecule has 12 heteroatoms. The van der Waals surface area contributed by atoms with Crippen LogP contribution in [0.1, 0.15) is 15.9 Å². The zero-order chi connectivity index (χ0) is 24.6. The summed E-state index contributed by atoms with van der Waals surface area (Å²) in [6.07, 6.45) is 0. The molecule has 0 radical (unpaired) electrons. The minimum atomic E-state index is -3.92. The summed E-state index contributed by atoms with van der Waals surface area (Å²) in [6, 6.07) is 18.8. The van der Waals surface area contributed by atoms with Crippen molar-refractivity contribution < 1.29 is 22.7 Å². The predicted octanol–water partition coefficient (Wildman–Crippen LogP) is 5.04. The number of rotatable bonds is 6. The third-order valence-corrected chi connectivity index (χ3v) is 7.16. The highest BCUT2D eigenvalue weighted by atomic mass is 35.6. The molecule has 0 aliphatic carbocycles. The highest BCUT2D eigenvalue weighted by molar-refractivity contribution is 7.89. The van der Waals surface area contributed by atoms with Crippen molar-refractivity contribution in [3.63, 3.8) is 0 Å². The molecule has 0 spiro atoms. The van der Waals surface area contributed by atoms with Gasteiger partial charge in [0.05, 0.1) is 4.90 Å². The number of fused-ring (bicyclic) bond motifs is 1. The maximum Gasteiger partial charge on any atom is 0.388 e. The Hall–Kier alpha value is -2.20. The molecular formula is C22H16Cl4N2O5S. The summed E-state index contributed by atoms with van der Waals surface area (Å²) < 4.78 is 37.0. The van der Waals surface area contributed by atoms with Gasteiger partial charge < -0.3 is 9.47 Å². The van der Waals surface area contributed by atoms with E-state index in [0.29, 0.717) is 5.02 Å². The van der Waals surface area contributed by atoms with Crippen LogP contribution in [0.3, 0.4) is 0 Å². The molecule has 1 heterocycles. The number of hydrogen-bond acceptors (Lipinski definition) is 5. The van der Waals surface area contributed by atoms with Crippen LogP contribution in [0.2, 0.25) is 5.02 Å². The van der Waals surface area contributed by atoms with Crippen molar-refractivity contribution in [2.45, 2.75) is 21.1 Å². The van der Waals surface area contributed by atoms with Gasteiger partial charge in [-0.25, -0.2) is 13.1 Å². The minimum absolute atomic E-state index is 0.0302. The monoisotopic (exact) mass is 560 g/mol. The molecular weight excluding hydrogens is 546 g/mol. The number of nitrogens with one attached hydrogen (secondary N) is 2. The predicted molar refractivity (Wildman–Crippen MR) is 130 cm³/mol. The van der Waals surface area contributed by atoms with Crippen molar-refractivity contribution >= 4 is 62.3 Å². The van der Waals surface area contributed by atoms with E-state index in [2.05, 4.69) is 10.0 Å². The van der Waals surface area contributed by atoms with Gasteiger partial charge in [0, 0.05) is 23.2 Å². The van der Waals surface area contributed by atoms with E-state index in [1.165, 1.54) is 42.5 Å². The molecule has 34 heavy (non-hydrogen) atoms. The topological polar surface area (TPSA) is 93.7 Å². The maximum atomic E-state index is 13.0. The lowest BCUT2D eigenvalue weighted by Crippen LogP contribution is -2.63. The largest absolute Gasteiger partial charge is 0.428 e. The number of carbonyl (C=O) groups is 1. The Morgan fingerprint density at radius 1 is 0.912 bits per heavy atom. The van der Waals surface area contributed by atoms with E-state index in [-0.39, 0.29) is 28.5 Å². The van der Waals surface area contributed by atoms with Crippen LogP contribution in [0, 0.1) is 0 Å². The first-order valence-electron chi connectivity index (χ1n) is 9.70. The Kier molecular flexibility index (Phi) is 6.92. The Labute approximate surface area is 215 Å². The lowest BCUT2D eigenvalue weighted by Gasteiger charge is -2.33. The Morgan fingerprint density at radius 3 is 2.32 bits per heavy atom. The first-order valence-corrected chi connectivity index (χ1v) is 12.7. The molecule has 4 rings (SSSR count). The van der Waals surface area contributed by atoms with Crippen LogP contribution in [0.5, 0.6) is 11.5 Å². The quantitative estimate of drug-likeness (QED) is 0.411. The first kappa shape index (κ1) is 24.9. The fourth-order valence-corrected chi connectivity index (χ4v) is 4.70. The van der Waals surface area contributed by atoms with Gasteiger partial charge in [-0.1, -0.05) is 82.8 Å². The average Bonchev–Trinajstić information content (AvgIpc) is 3.17. The van der Waals surface area contributed by atoms with E-state index < -0.39 is 25.6 Å². The Morgan fingerprint density at radius 2 is 1.62 bits per heavy atom. The Bertz CT molecular complexity index is 1330. The summed E-state index contributed by atoms with van der Waals surface area (Å²) in [6.45, 7) is 0.0818.